The monoisotopic (exact) mass is 275 g/mol. The molecule has 15 heavy (non-hydrogen) atoms. The third-order valence-corrected chi connectivity index (χ3v) is 4.90. The number of rotatable bonds is 2. The Morgan fingerprint density at radius 2 is 1.93 bits per heavy atom. The van der Waals surface area contributed by atoms with Crippen LogP contribution in [0.25, 0.3) is 0 Å². The van der Waals surface area contributed by atoms with Gasteiger partial charge in [0.2, 0.25) is 0 Å². The van der Waals surface area contributed by atoms with E-state index in [1.54, 1.807) is 0 Å². The van der Waals surface area contributed by atoms with Crippen molar-refractivity contribution in [3.8, 4) is 0 Å². The Morgan fingerprint density at radius 1 is 1.40 bits per heavy atom. The molecule has 88 valence electrons. The zero-order valence-electron chi connectivity index (χ0n) is 10.4. The predicted octanol–water partition coefficient (Wildman–Crippen LogP) is 2.71. The summed E-state index contributed by atoms with van der Waals surface area (Å²) >= 11 is 3.53. The van der Waals surface area contributed by atoms with E-state index in [0.717, 1.165) is 13.0 Å². The lowest BCUT2D eigenvalue weighted by atomic mass is 9.64. The Bertz CT molecular complexity index is 262. The molecule has 1 saturated carbocycles. The lowest BCUT2D eigenvalue weighted by Gasteiger charge is -2.45. The standard InChI is InChI=1S/C12H22BrNO/c1-11(2)7-12(3,8-14(4)5)6-9(15)10(11)13/h10H,6-8H2,1-5H3/t10-,12+/m1/s1. The highest BCUT2D eigenvalue weighted by molar-refractivity contribution is 9.10. The third kappa shape index (κ3) is 3.04. The topological polar surface area (TPSA) is 20.3 Å². The van der Waals surface area contributed by atoms with E-state index >= 15 is 0 Å². The Balaban J connectivity index is 2.83. The van der Waals surface area contributed by atoms with Crippen LogP contribution in [-0.2, 0) is 4.79 Å². The van der Waals surface area contributed by atoms with Crippen LogP contribution in [0.1, 0.15) is 33.6 Å². The van der Waals surface area contributed by atoms with Crippen molar-refractivity contribution in [1.29, 1.82) is 0 Å². The van der Waals surface area contributed by atoms with E-state index in [9.17, 15) is 4.79 Å². The molecule has 1 aliphatic rings. The number of hydrogen-bond donors (Lipinski definition) is 0. The van der Waals surface area contributed by atoms with Crippen LogP contribution in [0.4, 0.5) is 0 Å². The highest BCUT2D eigenvalue weighted by Crippen LogP contribution is 2.47. The van der Waals surface area contributed by atoms with Gasteiger partial charge >= 0.3 is 0 Å². The summed E-state index contributed by atoms with van der Waals surface area (Å²) in [4.78, 5) is 14.1. The molecule has 1 aliphatic carbocycles. The van der Waals surface area contributed by atoms with Crippen LogP contribution < -0.4 is 0 Å². The summed E-state index contributed by atoms with van der Waals surface area (Å²) in [6.07, 6.45) is 1.80. The van der Waals surface area contributed by atoms with Crippen molar-refractivity contribution < 1.29 is 4.79 Å². The van der Waals surface area contributed by atoms with E-state index < -0.39 is 0 Å². The van der Waals surface area contributed by atoms with Crippen LogP contribution in [-0.4, -0.2) is 36.2 Å². The summed E-state index contributed by atoms with van der Waals surface area (Å²) in [7, 11) is 4.14. The molecule has 0 radical (unpaired) electrons. The zero-order valence-corrected chi connectivity index (χ0v) is 12.0. The first kappa shape index (κ1) is 13.2. The molecule has 0 aliphatic heterocycles. The van der Waals surface area contributed by atoms with Crippen molar-refractivity contribution in [2.45, 2.75) is 38.4 Å². The van der Waals surface area contributed by atoms with E-state index in [1.165, 1.54) is 0 Å². The maximum absolute atomic E-state index is 11.9. The van der Waals surface area contributed by atoms with Crippen LogP contribution in [0.15, 0.2) is 0 Å². The Hall–Kier alpha value is 0.110. The van der Waals surface area contributed by atoms with E-state index in [2.05, 4.69) is 55.7 Å². The molecule has 0 saturated heterocycles. The summed E-state index contributed by atoms with van der Waals surface area (Å²) in [5.41, 5.74) is 0.203. The first-order valence-corrected chi connectivity index (χ1v) is 6.39. The minimum atomic E-state index is 0.0280. The second-order valence-corrected chi connectivity index (χ2v) is 7.14. The summed E-state index contributed by atoms with van der Waals surface area (Å²) in [5, 5.41) is 0. The molecule has 0 bridgehead atoms. The van der Waals surface area contributed by atoms with Crippen molar-refractivity contribution in [2.75, 3.05) is 20.6 Å². The van der Waals surface area contributed by atoms with Gasteiger partial charge in [0.05, 0.1) is 4.83 Å². The molecule has 2 nitrogen and oxygen atoms in total. The largest absolute Gasteiger partial charge is 0.309 e. The number of halogens is 1. The predicted molar refractivity (Wildman–Crippen MR) is 67.4 cm³/mol. The SMILES string of the molecule is CN(C)C[C@@]1(C)CC(=O)[C@@H](Br)C(C)(C)C1. The second kappa shape index (κ2) is 4.17. The first-order chi connectivity index (χ1) is 6.66. The van der Waals surface area contributed by atoms with Crippen LogP contribution >= 0.6 is 15.9 Å². The van der Waals surface area contributed by atoms with Crippen LogP contribution in [0.5, 0.6) is 0 Å². The van der Waals surface area contributed by atoms with Gasteiger partial charge in [-0.05, 0) is 31.3 Å². The van der Waals surface area contributed by atoms with Gasteiger partial charge in [0.1, 0.15) is 5.78 Å². The Labute approximate surface area is 102 Å². The quantitative estimate of drug-likeness (QED) is 0.723. The van der Waals surface area contributed by atoms with Crippen molar-refractivity contribution in [1.82, 2.24) is 4.90 Å². The molecule has 0 aromatic carbocycles. The molecule has 0 spiro atoms. The van der Waals surface area contributed by atoms with Crippen LogP contribution in [0.2, 0.25) is 0 Å². The second-order valence-electron chi connectivity index (χ2n) is 6.22. The van der Waals surface area contributed by atoms with E-state index in [0.29, 0.717) is 12.2 Å². The highest BCUT2D eigenvalue weighted by atomic mass is 79.9. The number of nitrogens with zero attached hydrogens (tertiary/aromatic N) is 1. The van der Waals surface area contributed by atoms with E-state index in [1.807, 2.05) is 0 Å². The lowest BCUT2D eigenvalue weighted by molar-refractivity contribution is -0.126. The van der Waals surface area contributed by atoms with Crippen molar-refractivity contribution in [3.63, 3.8) is 0 Å². The number of carbonyl (C=O) groups excluding carboxylic acids is 1. The molecule has 2 atom stereocenters. The Kier molecular flexibility index (Phi) is 3.66. The summed E-state index contributed by atoms with van der Waals surface area (Å²) in [6, 6.07) is 0. The van der Waals surface area contributed by atoms with Crippen molar-refractivity contribution in [2.24, 2.45) is 10.8 Å². The van der Waals surface area contributed by atoms with Gasteiger partial charge in [-0.1, -0.05) is 36.7 Å². The molecule has 1 fully saturated rings. The number of alkyl halides is 1. The summed E-state index contributed by atoms with van der Waals surface area (Å²) in [6.45, 7) is 7.57. The molecular formula is C12H22BrNO. The van der Waals surface area contributed by atoms with E-state index in [-0.39, 0.29) is 15.7 Å². The average Bonchev–Trinajstić information content (AvgIpc) is 1.96. The average molecular weight is 276 g/mol. The van der Waals surface area contributed by atoms with Crippen molar-refractivity contribution >= 4 is 21.7 Å². The molecule has 0 heterocycles. The fourth-order valence-corrected chi connectivity index (χ4v) is 3.40. The normalized spacial score (nSPS) is 35.9. The number of Topliss-reactive ketones (excluding diaryl/α,β-unsaturated/α-hetero) is 1. The molecule has 1 rings (SSSR count). The van der Waals surface area contributed by atoms with Gasteiger partial charge in [-0.2, -0.15) is 0 Å². The fraction of sp³-hybridized carbons (Fsp3) is 0.917. The van der Waals surface area contributed by atoms with Gasteiger partial charge in [0, 0.05) is 13.0 Å². The van der Waals surface area contributed by atoms with E-state index in [4.69, 9.17) is 0 Å². The van der Waals surface area contributed by atoms with Crippen molar-refractivity contribution in [3.05, 3.63) is 0 Å². The number of ketones is 1. The van der Waals surface area contributed by atoms with Gasteiger partial charge in [-0.15, -0.1) is 0 Å². The number of carbonyl (C=O) groups is 1. The molecule has 0 aromatic heterocycles. The minimum Gasteiger partial charge on any atom is -0.309 e. The third-order valence-electron chi connectivity index (χ3n) is 3.15. The molecule has 0 N–H and O–H groups in total. The maximum Gasteiger partial charge on any atom is 0.147 e. The zero-order chi connectivity index (χ0) is 11.9. The van der Waals surface area contributed by atoms with Gasteiger partial charge in [-0.3, -0.25) is 4.79 Å². The highest BCUT2D eigenvalue weighted by Gasteiger charge is 2.46. The van der Waals surface area contributed by atoms with Gasteiger partial charge < -0.3 is 4.90 Å². The summed E-state index contributed by atoms with van der Waals surface area (Å²) in [5.74, 6) is 0.357. The van der Waals surface area contributed by atoms with Crippen LogP contribution in [0, 0.1) is 10.8 Å². The minimum absolute atomic E-state index is 0.0280. The number of hydrogen-bond acceptors (Lipinski definition) is 2. The first-order valence-electron chi connectivity index (χ1n) is 5.48. The van der Waals surface area contributed by atoms with Gasteiger partial charge in [0.15, 0.2) is 0 Å². The molecule has 0 aromatic rings. The molecule has 0 amide bonds. The smallest absolute Gasteiger partial charge is 0.147 e. The maximum atomic E-state index is 11.9. The van der Waals surface area contributed by atoms with Crippen LogP contribution in [0.3, 0.4) is 0 Å². The lowest BCUT2D eigenvalue weighted by Crippen LogP contribution is -2.48. The van der Waals surface area contributed by atoms with Gasteiger partial charge in [-0.25, -0.2) is 0 Å². The molecular weight excluding hydrogens is 254 g/mol. The molecule has 0 unspecified atom stereocenters. The molecule has 3 heteroatoms. The Morgan fingerprint density at radius 3 is 2.33 bits per heavy atom. The fourth-order valence-electron chi connectivity index (χ4n) is 3.07. The van der Waals surface area contributed by atoms with Gasteiger partial charge in [0.25, 0.3) is 0 Å². The summed E-state index contributed by atoms with van der Waals surface area (Å²) < 4.78 is 0.